The van der Waals surface area contributed by atoms with E-state index in [0.29, 0.717) is 35.1 Å². The number of nitrogens with zero attached hydrogens (tertiary/aromatic N) is 1. The number of hydrogen-bond donors (Lipinski definition) is 0. The van der Waals surface area contributed by atoms with Crippen molar-refractivity contribution in [1.82, 2.24) is 4.90 Å². The van der Waals surface area contributed by atoms with Crippen LogP contribution >= 0.6 is 23.2 Å². The number of benzene rings is 1. The van der Waals surface area contributed by atoms with Gasteiger partial charge in [0.05, 0.1) is 10.0 Å². The van der Waals surface area contributed by atoms with Gasteiger partial charge >= 0.3 is 0 Å². The molecule has 0 aromatic heterocycles. The molecule has 1 aromatic carbocycles. The lowest BCUT2D eigenvalue weighted by atomic mass is 9.90. The van der Waals surface area contributed by atoms with E-state index >= 15 is 0 Å². The minimum Gasteiger partial charge on any atom is -0.381 e. The molecule has 0 spiro atoms. The molecule has 0 saturated carbocycles. The molecule has 0 N–H and O–H groups in total. The molecule has 5 heteroatoms. The second-order valence-electron chi connectivity index (χ2n) is 6.39. The minimum atomic E-state index is 0.133. The van der Waals surface area contributed by atoms with Crippen molar-refractivity contribution in [2.45, 2.75) is 25.7 Å². The van der Waals surface area contributed by atoms with E-state index in [1.165, 1.54) is 5.56 Å². The van der Waals surface area contributed by atoms with Crippen LogP contribution in [-0.2, 0) is 9.53 Å². The van der Waals surface area contributed by atoms with Crippen LogP contribution in [0.3, 0.4) is 0 Å². The van der Waals surface area contributed by atoms with Gasteiger partial charge in [0.1, 0.15) is 0 Å². The first-order chi connectivity index (χ1) is 10.6. The second-order valence-corrected chi connectivity index (χ2v) is 7.20. The van der Waals surface area contributed by atoms with Gasteiger partial charge in [0.2, 0.25) is 5.91 Å². The van der Waals surface area contributed by atoms with Crippen molar-refractivity contribution in [2.75, 3.05) is 26.3 Å². The molecular weight excluding hydrogens is 321 g/mol. The maximum atomic E-state index is 12.7. The summed E-state index contributed by atoms with van der Waals surface area (Å²) in [6.07, 6.45) is 1.70. The highest BCUT2D eigenvalue weighted by molar-refractivity contribution is 6.42. The zero-order valence-electron chi connectivity index (χ0n) is 12.7. The molecule has 120 valence electrons. The Kier molecular flexibility index (Phi) is 4.96. The van der Waals surface area contributed by atoms with E-state index in [-0.39, 0.29) is 11.8 Å². The maximum Gasteiger partial charge on any atom is 0.225 e. The first kappa shape index (κ1) is 16.1. The molecule has 1 amide bonds. The van der Waals surface area contributed by atoms with Gasteiger partial charge < -0.3 is 9.64 Å². The summed E-state index contributed by atoms with van der Waals surface area (Å²) in [5.41, 5.74) is 1.17. The van der Waals surface area contributed by atoms with Gasteiger partial charge in [-0.1, -0.05) is 36.2 Å². The standard InChI is InChI=1S/C17H21Cl2NO2/c1-11-9-20(17(21)12-4-6-22-7-5-12)10-14(11)13-2-3-15(18)16(19)8-13/h2-3,8,11-12,14H,4-7,9-10H2,1H3/t11-,14-/m1/s1. The number of likely N-dealkylation sites (tertiary alicyclic amines) is 1. The summed E-state index contributed by atoms with van der Waals surface area (Å²) >= 11 is 12.1. The number of carbonyl (C=O) groups is 1. The Morgan fingerprint density at radius 1 is 1.18 bits per heavy atom. The predicted molar refractivity (Wildman–Crippen MR) is 88.5 cm³/mol. The Morgan fingerprint density at radius 2 is 1.91 bits per heavy atom. The first-order valence-corrected chi connectivity index (χ1v) is 8.63. The van der Waals surface area contributed by atoms with Crippen molar-refractivity contribution in [3.8, 4) is 0 Å². The van der Waals surface area contributed by atoms with Crippen LogP contribution in [0.4, 0.5) is 0 Å². The molecule has 2 aliphatic rings. The zero-order valence-corrected chi connectivity index (χ0v) is 14.2. The molecule has 2 saturated heterocycles. The van der Waals surface area contributed by atoms with Gasteiger partial charge in [0.25, 0.3) is 0 Å². The van der Waals surface area contributed by atoms with E-state index in [9.17, 15) is 4.79 Å². The van der Waals surface area contributed by atoms with Gasteiger partial charge in [-0.25, -0.2) is 0 Å². The summed E-state index contributed by atoms with van der Waals surface area (Å²) in [5.74, 6) is 1.19. The highest BCUT2D eigenvalue weighted by atomic mass is 35.5. The molecule has 2 fully saturated rings. The average molecular weight is 342 g/mol. The fourth-order valence-corrected chi connectivity index (χ4v) is 3.83. The highest BCUT2D eigenvalue weighted by Gasteiger charge is 2.36. The van der Waals surface area contributed by atoms with Gasteiger partial charge in [-0.15, -0.1) is 0 Å². The number of rotatable bonds is 2. The van der Waals surface area contributed by atoms with Crippen LogP contribution in [0.2, 0.25) is 10.0 Å². The van der Waals surface area contributed by atoms with Crippen LogP contribution < -0.4 is 0 Å². The summed E-state index contributed by atoms with van der Waals surface area (Å²) in [5, 5.41) is 1.16. The fraction of sp³-hybridized carbons (Fsp3) is 0.588. The molecule has 1 aromatic rings. The fourth-order valence-electron chi connectivity index (χ4n) is 3.53. The summed E-state index contributed by atoms with van der Waals surface area (Å²) in [4.78, 5) is 14.7. The molecule has 2 heterocycles. The van der Waals surface area contributed by atoms with Gasteiger partial charge in [0.15, 0.2) is 0 Å². The predicted octanol–water partition coefficient (Wildman–Crippen LogP) is 3.98. The topological polar surface area (TPSA) is 29.5 Å². The Balaban J connectivity index is 1.70. The average Bonchev–Trinajstić information content (AvgIpc) is 2.92. The molecule has 3 nitrogen and oxygen atoms in total. The Bertz CT molecular complexity index is 558. The third-order valence-corrected chi connectivity index (χ3v) is 5.61. The van der Waals surface area contributed by atoms with E-state index in [2.05, 4.69) is 6.92 Å². The van der Waals surface area contributed by atoms with Crippen LogP contribution in [0.5, 0.6) is 0 Å². The lowest BCUT2D eigenvalue weighted by Gasteiger charge is -2.26. The maximum absolute atomic E-state index is 12.7. The van der Waals surface area contributed by atoms with E-state index in [0.717, 1.165) is 25.9 Å². The Hall–Kier alpha value is -0.770. The van der Waals surface area contributed by atoms with Gasteiger partial charge in [-0.05, 0) is 36.5 Å². The van der Waals surface area contributed by atoms with E-state index in [1.807, 2.05) is 23.1 Å². The van der Waals surface area contributed by atoms with Crippen molar-refractivity contribution >= 4 is 29.1 Å². The number of amides is 1. The van der Waals surface area contributed by atoms with Crippen molar-refractivity contribution in [2.24, 2.45) is 11.8 Å². The molecule has 0 radical (unpaired) electrons. The minimum absolute atomic E-state index is 0.133. The van der Waals surface area contributed by atoms with Crippen molar-refractivity contribution < 1.29 is 9.53 Å². The highest BCUT2D eigenvalue weighted by Crippen LogP contribution is 2.36. The molecular formula is C17H21Cl2NO2. The quantitative estimate of drug-likeness (QED) is 0.814. The molecule has 0 aliphatic carbocycles. The summed E-state index contributed by atoms with van der Waals surface area (Å²) < 4.78 is 5.35. The summed E-state index contributed by atoms with van der Waals surface area (Å²) in [6, 6.07) is 5.81. The van der Waals surface area contributed by atoms with Gasteiger partial charge in [0, 0.05) is 38.1 Å². The molecule has 2 atom stereocenters. The van der Waals surface area contributed by atoms with Gasteiger partial charge in [-0.2, -0.15) is 0 Å². The van der Waals surface area contributed by atoms with Crippen LogP contribution in [0, 0.1) is 11.8 Å². The molecule has 22 heavy (non-hydrogen) atoms. The van der Waals surface area contributed by atoms with E-state index < -0.39 is 0 Å². The number of ether oxygens (including phenoxy) is 1. The third kappa shape index (κ3) is 3.27. The third-order valence-electron chi connectivity index (χ3n) is 4.87. The van der Waals surface area contributed by atoms with Gasteiger partial charge in [-0.3, -0.25) is 4.79 Å². The first-order valence-electron chi connectivity index (χ1n) is 7.87. The number of halogens is 2. The summed E-state index contributed by atoms with van der Waals surface area (Å²) in [6.45, 7) is 5.20. The number of carbonyl (C=O) groups excluding carboxylic acids is 1. The molecule has 0 bridgehead atoms. The lowest BCUT2D eigenvalue weighted by Crippen LogP contribution is -2.37. The zero-order chi connectivity index (χ0) is 15.7. The molecule has 0 unspecified atom stereocenters. The second kappa shape index (κ2) is 6.77. The van der Waals surface area contributed by atoms with E-state index in [4.69, 9.17) is 27.9 Å². The van der Waals surface area contributed by atoms with E-state index in [1.54, 1.807) is 0 Å². The van der Waals surface area contributed by atoms with Crippen LogP contribution in [0.15, 0.2) is 18.2 Å². The largest absolute Gasteiger partial charge is 0.381 e. The number of hydrogen-bond acceptors (Lipinski definition) is 2. The SMILES string of the molecule is C[C@@H]1CN(C(=O)C2CCOCC2)C[C@H]1c1ccc(Cl)c(Cl)c1. The van der Waals surface area contributed by atoms with Crippen molar-refractivity contribution in [1.29, 1.82) is 0 Å². The molecule has 3 rings (SSSR count). The monoisotopic (exact) mass is 341 g/mol. The van der Waals surface area contributed by atoms with Crippen molar-refractivity contribution in [3.05, 3.63) is 33.8 Å². The smallest absolute Gasteiger partial charge is 0.225 e. The lowest BCUT2D eigenvalue weighted by molar-refractivity contribution is -0.137. The Labute approximate surface area is 141 Å². The normalized spacial score (nSPS) is 26.4. The van der Waals surface area contributed by atoms with Crippen LogP contribution in [0.25, 0.3) is 0 Å². The van der Waals surface area contributed by atoms with Crippen molar-refractivity contribution in [3.63, 3.8) is 0 Å². The molecule has 2 aliphatic heterocycles. The summed E-state index contributed by atoms with van der Waals surface area (Å²) in [7, 11) is 0. The Morgan fingerprint density at radius 3 is 2.59 bits per heavy atom. The van der Waals surface area contributed by atoms with Crippen LogP contribution in [-0.4, -0.2) is 37.1 Å². The van der Waals surface area contributed by atoms with Crippen LogP contribution in [0.1, 0.15) is 31.2 Å².